The van der Waals surface area contributed by atoms with E-state index in [1.54, 1.807) is 0 Å². The number of piperazine rings is 1. The first-order valence-corrected chi connectivity index (χ1v) is 11.9. The molecule has 7 nitrogen and oxygen atoms in total. The molecular weight excluding hydrogens is 388 g/mol. The maximum Gasteiger partial charge on any atom is 0.239 e. The number of hydrogen-bond donors (Lipinski definition) is 1. The van der Waals surface area contributed by atoms with Crippen LogP contribution in [-0.2, 0) is 17.8 Å². The number of anilines is 1. The van der Waals surface area contributed by atoms with Crippen molar-refractivity contribution < 1.29 is 4.79 Å². The highest BCUT2D eigenvalue weighted by Gasteiger charge is 2.30. The van der Waals surface area contributed by atoms with E-state index in [1.807, 2.05) is 11.9 Å². The van der Waals surface area contributed by atoms with E-state index in [0.29, 0.717) is 5.91 Å². The van der Waals surface area contributed by atoms with Crippen LogP contribution in [-0.4, -0.2) is 92.5 Å². The molecule has 1 atom stereocenters. The lowest BCUT2D eigenvalue weighted by atomic mass is 9.99. The number of aryl methyl sites for hydroxylation is 1. The maximum absolute atomic E-state index is 12.7. The zero-order valence-corrected chi connectivity index (χ0v) is 19.4. The summed E-state index contributed by atoms with van der Waals surface area (Å²) in [6.07, 6.45) is 4.69. The van der Waals surface area contributed by atoms with Gasteiger partial charge in [0.15, 0.2) is 5.96 Å². The molecule has 0 radical (unpaired) electrons. The third kappa shape index (κ3) is 4.97. The summed E-state index contributed by atoms with van der Waals surface area (Å²) in [6, 6.07) is 6.80. The molecule has 7 heteroatoms. The van der Waals surface area contributed by atoms with Gasteiger partial charge in [-0.05, 0) is 49.8 Å². The zero-order chi connectivity index (χ0) is 21.8. The van der Waals surface area contributed by atoms with Crippen LogP contribution in [0.3, 0.4) is 0 Å². The lowest BCUT2D eigenvalue weighted by Gasteiger charge is -2.39. The number of carbonyl (C=O) groups is 1. The van der Waals surface area contributed by atoms with E-state index >= 15 is 0 Å². The highest BCUT2D eigenvalue weighted by Crippen LogP contribution is 2.26. The minimum Gasteiger partial charge on any atom is -0.374 e. The predicted molar refractivity (Wildman–Crippen MR) is 127 cm³/mol. The molecule has 0 spiro atoms. The minimum absolute atomic E-state index is 0.0242. The average Bonchev–Trinajstić information content (AvgIpc) is 3.34. The standard InChI is InChI=1S/C24H38N6O/c1-19(23(31)29-11-4-5-12-29)28-13-15-30(16-14-28)24(25-2)26-18-20-8-9-22-21(17-20)7-6-10-27(22)3/h8-9,17,19H,4-7,10-16,18H2,1-3H3,(H,25,26). The Bertz CT molecular complexity index is 795. The Morgan fingerprint density at radius 3 is 2.48 bits per heavy atom. The highest BCUT2D eigenvalue weighted by molar-refractivity contribution is 5.82. The number of hydrogen-bond acceptors (Lipinski definition) is 4. The van der Waals surface area contributed by atoms with Crippen molar-refractivity contribution in [3.8, 4) is 0 Å². The van der Waals surface area contributed by atoms with Crippen molar-refractivity contribution in [2.45, 2.75) is 45.2 Å². The van der Waals surface area contributed by atoms with Gasteiger partial charge in [0.2, 0.25) is 5.91 Å². The molecule has 3 heterocycles. The number of guanidine groups is 1. The summed E-state index contributed by atoms with van der Waals surface area (Å²) in [5.74, 6) is 1.25. The molecule has 1 unspecified atom stereocenters. The van der Waals surface area contributed by atoms with Crippen molar-refractivity contribution in [2.24, 2.45) is 4.99 Å². The van der Waals surface area contributed by atoms with Crippen LogP contribution in [0.1, 0.15) is 37.3 Å². The van der Waals surface area contributed by atoms with Crippen LogP contribution < -0.4 is 10.2 Å². The summed E-state index contributed by atoms with van der Waals surface area (Å²) in [5.41, 5.74) is 4.13. The van der Waals surface area contributed by atoms with Gasteiger partial charge in [0.05, 0.1) is 6.04 Å². The fraction of sp³-hybridized carbons (Fsp3) is 0.667. The topological polar surface area (TPSA) is 54.4 Å². The normalized spacial score (nSPS) is 21.3. The van der Waals surface area contributed by atoms with Crippen molar-refractivity contribution in [1.82, 2.24) is 20.0 Å². The van der Waals surface area contributed by atoms with Crippen molar-refractivity contribution in [3.63, 3.8) is 0 Å². The van der Waals surface area contributed by atoms with Gasteiger partial charge >= 0.3 is 0 Å². The molecule has 1 amide bonds. The summed E-state index contributed by atoms with van der Waals surface area (Å²) in [6.45, 7) is 9.44. The third-order valence-electron chi connectivity index (χ3n) is 7.09. The molecule has 1 N–H and O–H groups in total. The Morgan fingerprint density at radius 1 is 1.03 bits per heavy atom. The largest absolute Gasteiger partial charge is 0.374 e. The number of rotatable bonds is 4. The first-order chi connectivity index (χ1) is 15.1. The summed E-state index contributed by atoms with van der Waals surface area (Å²) in [7, 11) is 4.03. The number of nitrogens with one attached hydrogen (secondary N) is 1. The van der Waals surface area contributed by atoms with Gasteiger partial charge in [0.1, 0.15) is 0 Å². The van der Waals surface area contributed by atoms with Crippen LogP contribution in [0.4, 0.5) is 5.69 Å². The van der Waals surface area contributed by atoms with Crippen LogP contribution in [0.15, 0.2) is 23.2 Å². The number of fused-ring (bicyclic) bond motifs is 1. The van der Waals surface area contributed by atoms with Gasteiger partial charge in [-0.1, -0.05) is 12.1 Å². The van der Waals surface area contributed by atoms with Gasteiger partial charge in [-0.25, -0.2) is 0 Å². The van der Waals surface area contributed by atoms with E-state index in [2.05, 4.69) is 57.2 Å². The Hall–Kier alpha value is -2.28. The Balaban J connectivity index is 1.28. The fourth-order valence-corrected chi connectivity index (χ4v) is 5.14. The summed E-state index contributed by atoms with van der Waals surface area (Å²) in [4.78, 5) is 26.3. The first-order valence-electron chi connectivity index (χ1n) is 11.9. The number of amides is 1. The smallest absolute Gasteiger partial charge is 0.239 e. The molecule has 1 aromatic rings. The van der Waals surface area contributed by atoms with E-state index in [0.717, 1.165) is 71.2 Å². The van der Waals surface area contributed by atoms with Crippen molar-refractivity contribution >= 4 is 17.6 Å². The monoisotopic (exact) mass is 426 g/mol. The molecule has 2 saturated heterocycles. The number of likely N-dealkylation sites (tertiary alicyclic amines) is 1. The number of nitrogens with zero attached hydrogens (tertiary/aromatic N) is 5. The molecular formula is C24H38N6O. The van der Waals surface area contributed by atoms with E-state index < -0.39 is 0 Å². The molecule has 3 aliphatic rings. The van der Waals surface area contributed by atoms with E-state index in [4.69, 9.17) is 0 Å². The van der Waals surface area contributed by atoms with Crippen LogP contribution in [0, 0.1) is 0 Å². The molecule has 31 heavy (non-hydrogen) atoms. The van der Waals surface area contributed by atoms with Crippen molar-refractivity contribution in [2.75, 3.05) is 64.8 Å². The molecule has 0 aromatic heterocycles. The average molecular weight is 427 g/mol. The second-order valence-corrected chi connectivity index (χ2v) is 9.12. The lowest BCUT2D eigenvalue weighted by molar-refractivity contribution is -0.135. The molecule has 4 rings (SSSR count). The van der Waals surface area contributed by atoms with Gasteiger partial charge in [0.25, 0.3) is 0 Å². The van der Waals surface area contributed by atoms with E-state index in [-0.39, 0.29) is 6.04 Å². The summed E-state index contributed by atoms with van der Waals surface area (Å²) >= 11 is 0. The summed E-state index contributed by atoms with van der Waals surface area (Å²) in [5, 5.41) is 3.55. The van der Waals surface area contributed by atoms with Crippen LogP contribution in [0.25, 0.3) is 0 Å². The lowest BCUT2D eigenvalue weighted by Crippen LogP contribution is -2.57. The van der Waals surface area contributed by atoms with Crippen molar-refractivity contribution in [3.05, 3.63) is 29.3 Å². The second kappa shape index (κ2) is 9.90. The molecule has 0 aliphatic carbocycles. The zero-order valence-electron chi connectivity index (χ0n) is 19.4. The van der Waals surface area contributed by atoms with Gasteiger partial charge in [-0.15, -0.1) is 0 Å². The van der Waals surface area contributed by atoms with Gasteiger partial charge in [-0.3, -0.25) is 14.7 Å². The third-order valence-corrected chi connectivity index (χ3v) is 7.09. The van der Waals surface area contributed by atoms with Gasteiger partial charge < -0.3 is 20.0 Å². The van der Waals surface area contributed by atoms with E-state index in [9.17, 15) is 4.79 Å². The number of carbonyl (C=O) groups excluding carboxylic acids is 1. The Labute approximate surface area is 187 Å². The van der Waals surface area contributed by atoms with Gasteiger partial charge in [0, 0.05) is 72.1 Å². The minimum atomic E-state index is -0.0242. The van der Waals surface area contributed by atoms with Crippen LogP contribution >= 0.6 is 0 Å². The van der Waals surface area contributed by atoms with Gasteiger partial charge in [-0.2, -0.15) is 0 Å². The van der Waals surface area contributed by atoms with Crippen molar-refractivity contribution in [1.29, 1.82) is 0 Å². The maximum atomic E-state index is 12.7. The van der Waals surface area contributed by atoms with Crippen LogP contribution in [0.2, 0.25) is 0 Å². The SMILES string of the molecule is CN=C(NCc1ccc2c(c1)CCCN2C)N1CCN(C(C)C(=O)N2CCCC2)CC1. The first kappa shape index (κ1) is 21.9. The Morgan fingerprint density at radius 2 is 1.77 bits per heavy atom. The quantitative estimate of drug-likeness (QED) is 0.588. The molecule has 3 aliphatic heterocycles. The number of benzene rings is 1. The molecule has 0 bridgehead atoms. The van der Waals surface area contributed by atoms with Crippen LogP contribution in [0.5, 0.6) is 0 Å². The molecule has 170 valence electrons. The predicted octanol–water partition coefficient (Wildman–Crippen LogP) is 1.77. The second-order valence-electron chi connectivity index (χ2n) is 9.12. The molecule has 2 fully saturated rings. The molecule has 0 saturated carbocycles. The molecule has 1 aromatic carbocycles. The highest BCUT2D eigenvalue weighted by atomic mass is 16.2. The van der Waals surface area contributed by atoms with E-state index in [1.165, 1.54) is 29.7 Å². The Kier molecular flexibility index (Phi) is 7.00. The summed E-state index contributed by atoms with van der Waals surface area (Å²) < 4.78 is 0. The fourth-order valence-electron chi connectivity index (χ4n) is 5.14. The number of aliphatic imine (C=N–C) groups is 1.